The van der Waals surface area contributed by atoms with Crippen LogP contribution in [-0.4, -0.2) is 94.2 Å². The fourth-order valence-electron chi connectivity index (χ4n) is 5.33. The molecule has 0 heterocycles. The van der Waals surface area contributed by atoms with E-state index in [0.29, 0.717) is 23.6 Å². The second-order valence-corrected chi connectivity index (χ2v) is 14.6. The first-order valence-corrected chi connectivity index (χ1v) is 19.1. The Balaban J connectivity index is 0.000000248. The minimum atomic E-state index is -4.70. The number of rotatable bonds is 10. The van der Waals surface area contributed by atoms with Gasteiger partial charge in [-0.3, -0.25) is 0 Å². The number of hydrogen-bond donors (Lipinski definition) is 4. The van der Waals surface area contributed by atoms with Gasteiger partial charge in [-0.2, -0.15) is 0 Å². The molecular formula is C36H30CaN6O12S2+2. The molecule has 6 rings (SSSR count). The molecule has 0 unspecified atom stereocenters. The summed E-state index contributed by atoms with van der Waals surface area (Å²) in [5, 5.41) is 56.0. The van der Waals surface area contributed by atoms with Crippen molar-refractivity contribution < 1.29 is 56.4 Å². The van der Waals surface area contributed by atoms with Crippen molar-refractivity contribution in [3.63, 3.8) is 0 Å². The topological polar surface area (TPSA) is 285 Å². The maximum atomic E-state index is 11.4. The third kappa shape index (κ3) is 10.5. The number of phenols is 2. The summed E-state index contributed by atoms with van der Waals surface area (Å²) in [4.78, 5) is 21.2. The summed E-state index contributed by atoms with van der Waals surface area (Å²) in [6, 6.07) is 22.3. The number of azo groups is 2. The molecule has 0 aliphatic rings. The number of aromatic hydroxyl groups is 2. The van der Waals surface area contributed by atoms with E-state index in [1.165, 1.54) is 60.7 Å². The molecule has 0 saturated carbocycles. The summed E-state index contributed by atoms with van der Waals surface area (Å²) in [5.41, 5.74) is 1.24. The third-order valence-corrected chi connectivity index (χ3v) is 9.95. The number of nitrogens with zero attached hydrogens (tertiary/aromatic N) is 6. The van der Waals surface area contributed by atoms with E-state index in [-0.39, 0.29) is 104 Å². The maximum absolute atomic E-state index is 11.4. The van der Waals surface area contributed by atoms with Crippen LogP contribution in [0.5, 0.6) is 11.5 Å². The Morgan fingerprint density at radius 1 is 0.544 bits per heavy atom. The van der Waals surface area contributed by atoms with Gasteiger partial charge in [0.2, 0.25) is 0 Å². The van der Waals surface area contributed by atoms with E-state index in [1.807, 2.05) is 13.8 Å². The predicted molar refractivity (Wildman–Crippen MR) is 203 cm³/mol. The van der Waals surface area contributed by atoms with Crippen molar-refractivity contribution in [1.82, 2.24) is 0 Å². The van der Waals surface area contributed by atoms with Crippen molar-refractivity contribution in [3.05, 3.63) is 118 Å². The largest absolute Gasteiger partial charge is 2.00 e. The van der Waals surface area contributed by atoms with Crippen LogP contribution in [-0.2, 0) is 33.1 Å². The van der Waals surface area contributed by atoms with E-state index in [2.05, 4.69) is 20.5 Å². The van der Waals surface area contributed by atoms with Gasteiger partial charge in [0.25, 0.3) is 9.85 Å². The van der Waals surface area contributed by atoms with Crippen LogP contribution in [0, 0.1) is 9.81 Å². The van der Waals surface area contributed by atoms with Crippen molar-refractivity contribution in [2.75, 3.05) is 0 Å². The molecule has 0 aliphatic heterocycles. The Kier molecular flexibility index (Phi) is 14.1. The zero-order valence-electron chi connectivity index (χ0n) is 29.9. The second kappa shape index (κ2) is 18.2. The zero-order valence-corrected chi connectivity index (χ0v) is 33.8. The van der Waals surface area contributed by atoms with Crippen molar-refractivity contribution in [1.29, 1.82) is 0 Å². The van der Waals surface area contributed by atoms with Crippen LogP contribution in [0.3, 0.4) is 0 Å². The van der Waals surface area contributed by atoms with E-state index in [4.69, 9.17) is 0 Å². The van der Waals surface area contributed by atoms with Gasteiger partial charge < -0.3 is 19.3 Å². The average molecular weight is 843 g/mol. The number of fused-ring (bicyclic) bond motifs is 2. The molecule has 288 valence electrons. The van der Waals surface area contributed by atoms with Crippen molar-refractivity contribution in [3.8, 4) is 11.5 Å². The van der Waals surface area contributed by atoms with Crippen molar-refractivity contribution in [2.45, 2.75) is 36.5 Å². The normalized spacial score (nSPS) is 11.7. The van der Waals surface area contributed by atoms with Gasteiger partial charge in [0.15, 0.2) is 11.4 Å². The molecule has 0 radical (unpaired) electrons. The smallest absolute Gasteiger partial charge is 0.744 e. The first kappa shape index (κ1) is 44.2. The van der Waals surface area contributed by atoms with Crippen LogP contribution in [0.15, 0.2) is 127 Å². The van der Waals surface area contributed by atoms with Gasteiger partial charge in [-0.1, -0.05) is 50.2 Å². The van der Waals surface area contributed by atoms with Crippen molar-refractivity contribution in [2.24, 2.45) is 20.5 Å². The molecule has 0 spiro atoms. The Labute approximate surface area is 354 Å². The van der Waals surface area contributed by atoms with Crippen molar-refractivity contribution >= 4 is 114 Å². The van der Waals surface area contributed by atoms with E-state index in [9.17, 15) is 56.4 Å². The summed E-state index contributed by atoms with van der Waals surface area (Å²) >= 11 is 0. The quantitative estimate of drug-likeness (QED) is 0.0441. The fraction of sp³-hybridized carbons (Fsp3) is 0.111. The Bertz CT molecular complexity index is 2640. The predicted octanol–water partition coefficient (Wildman–Crippen LogP) is 8.07. The monoisotopic (exact) mass is 842 g/mol. The number of phenolic OH excluding ortho intramolecular Hbond substituents is 2. The molecule has 0 atom stereocenters. The van der Waals surface area contributed by atoms with E-state index in [1.54, 1.807) is 12.1 Å². The van der Waals surface area contributed by atoms with Gasteiger partial charge in [-0.25, -0.2) is 27.3 Å². The molecule has 6 aromatic rings. The van der Waals surface area contributed by atoms with E-state index in [0.717, 1.165) is 35.4 Å². The summed E-state index contributed by atoms with van der Waals surface area (Å²) in [5.74, 6) is -0.599. The van der Waals surface area contributed by atoms with Gasteiger partial charge >= 0.3 is 49.1 Å². The minimum Gasteiger partial charge on any atom is -0.744 e. The summed E-state index contributed by atoms with van der Waals surface area (Å²) in [7, 11) is -9.40. The number of hydrogen-bond acceptors (Lipinski definition) is 14. The summed E-state index contributed by atoms with van der Waals surface area (Å²) in [6.07, 6.45) is 1.27. The molecule has 0 fully saturated rings. The Morgan fingerprint density at radius 2 is 0.895 bits per heavy atom. The van der Waals surface area contributed by atoms with Gasteiger partial charge in [0.05, 0.1) is 19.6 Å². The molecule has 0 aromatic heterocycles. The molecular weight excluding hydrogens is 813 g/mol. The minimum absolute atomic E-state index is 0. The standard InChI is InChI=1S/2C18H15N3O6S.Ca/c2*1-2-11-3-7-15(16(9-11)21(23)24)19-20-18-14-10-13(28(25,26)27)6-4-12(14)5-8-17(18)22;/h2*3-10H,2H2,1H3,(H2-,19,22,23,24,25,26,27);/q;;+2. The third-order valence-electron chi connectivity index (χ3n) is 8.29. The Hall–Kier alpha value is -5.48. The molecule has 6 aromatic carbocycles. The van der Waals surface area contributed by atoms with Gasteiger partial charge in [-0.05, 0) is 83.3 Å². The summed E-state index contributed by atoms with van der Waals surface area (Å²) < 4.78 is 67.8. The number of benzene rings is 6. The maximum Gasteiger partial charge on any atom is 2.00 e. The second-order valence-electron chi connectivity index (χ2n) is 11.8. The molecule has 57 heavy (non-hydrogen) atoms. The molecule has 0 amide bonds. The first-order chi connectivity index (χ1) is 26.4. The number of aryl methyl sites for hydroxylation is 2. The van der Waals surface area contributed by atoms with Crippen LogP contribution in [0.4, 0.5) is 34.1 Å². The van der Waals surface area contributed by atoms with Crippen LogP contribution >= 0.6 is 0 Å². The van der Waals surface area contributed by atoms with Gasteiger partial charge in [-0.15, -0.1) is 20.5 Å². The van der Waals surface area contributed by atoms with Crippen LogP contribution in [0.1, 0.15) is 25.0 Å². The molecule has 0 bridgehead atoms. The molecule has 21 heteroatoms. The molecule has 18 nitrogen and oxygen atoms in total. The SMILES string of the molecule is CCc1ccc(N=Nc2c(O)ccc3ccc(S(=O)(=O)[O-])cc23)c([N+](=O)O)c1.CCc1ccc(N=Nc2c(O)ccc3ccc(S(=O)(=O)[O-])cc23)c([N+](=O)O)c1.[Ca+2]. The fourth-order valence-corrected chi connectivity index (χ4v) is 6.32. The van der Waals surface area contributed by atoms with E-state index >= 15 is 0 Å². The molecule has 0 saturated heterocycles. The summed E-state index contributed by atoms with van der Waals surface area (Å²) in [6.45, 7) is 3.76. The van der Waals surface area contributed by atoms with Gasteiger partial charge in [0, 0.05) is 22.9 Å². The van der Waals surface area contributed by atoms with E-state index < -0.39 is 30.0 Å². The van der Waals surface area contributed by atoms with Gasteiger partial charge in [0.1, 0.15) is 43.1 Å². The Morgan fingerprint density at radius 3 is 1.21 bits per heavy atom. The average Bonchev–Trinajstić information content (AvgIpc) is 3.16. The molecule has 0 aliphatic carbocycles. The first-order valence-electron chi connectivity index (χ1n) is 16.3. The van der Waals surface area contributed by atoms with Crippen LogP contribution in [0.25, 0.3) is 21.5 Å². The van der Waals surface area contributed by atoms with Crippen LogP contribution in [0.2, 0.25) is 0 Å². The van der Waals surface area contributed by atoms with Crippen LogP contribution < -0.4 is 0 Å². The zero-order chi connectivity index (χ0) is 40.9. The molecule has 4 N–H and O–H groups in total.